The number of aryl methyl sites for hydroxylation is 1. The van der Waals surface area contributed by atoms with E-state index in [1.165, 1.54) is 11.1 Å². The van der Waals surface area contributed by atoms with Crippen molar-refractivity contribution in [2.45, 2.75) is 20.0 Å². The highest BCUT2D eigenvalue weighted by molar-refractivity contribution is 7.71. The molecule has 0 atom stereocenters. The van der Waals surface area contributed by atoms with E-state index in [1.54, 1.807) is 23.3 Å². The lowest BCUT2D eigenvalue weighted by molar-refractivity contribution is 0.643. The molecule has 0 fully saturated rings. The van der Waals surface area contributed by atoms with Crippen LogP contribution < -0.4 is 0 Å². The molecule has 26 heavy (non-hydrogen) atoms. The van der Waals surface area contributed by atoms with Gasteiger partial charge in [0.15, 0.2) is 10.6 Å². The Hall–Kier alpha value is -2.71. The number of aromatic amines is 1. The summed E-state index contributed by atoms with van der Waals surface area (Å²) in [4.78, 5) is 0. The predicted octanol–water partition coefficient (Wildman–Crippen LogP) is 3.38. The van der Waals surface area contributed by atoms with Crippen LogP contribution in [0.1, 0.15) is 17.0 Å². The van der Waals surface area contributed by atoms with Gasteiger partial charge in [0, 0.05) is 12.4 Å². The zero-order valence-corrected chi connectivity index (χ0v) is 15.6. The van der Waals surface area contributed by atoms with Crippen LogP contribution in [0.15, 0.2) is 49.1 Å². The standard InChI is InChI=1S/C17H16ClN7S/c1-12-2-4-13(5-3-12)8-23-10-15(7-20-23)25-16(21-22-17(25)26)11-24-9-14(18)6-19-24/h2-7,9-10H,8,11H2,1H3,(H,22,26). The van der Waals surface area contributed by atoms with Crippen molar-refractivity contribution in [2.75, 3.05) is 0 Å². The van der Waals surface area contributed by atoms with Crippen molar-refractivity contribution < 1.29 is 0 Å². The molecule has 4 rings (SSSR count). The first kappa shape index (κ1) is 16.7. The van der Waals surface area contributed by atoms with Crippen LogP contribution >= 0.6 is 23.8 Å². The molecule has 1 N–H and O–H groups in total. The molecule has 4 aromatic rings. The molecule has 0 aliphatic carbocycles. The minimum atomic E-state index is 0.447. The van der Waals surface area contributed by atoms with Crippen molar-refractivity contribution in [3.05, 3.63) is 75.8 Å². The maximum Gasteiger partial charge on any atom is 0.200 e. The zero-order valence-electron chi connectivity index (χ0n) is 14.0. The Kier molecular flexibility index (Phi) is 4.44. The van der Waals surface area contributed by atoms with E-state index in [9.17, 15) is 0 Å². The molecule has 1 aromatic carbocycles. The lowest BCUT2D eigenvalue weighted by Crippen LogP contribution is -2.07. The summed E-state index contributed by atoms with van der Waals surface area (Å²) in [5.41, 5.74) is 3.28. The summed E-state index contributed by atoms with van der Waals surface area (Å²) >= 11 is 11.3. The molecular weight excluding hydrogens is 370 g/mol. The third kappa shape index (κ3) is 3.47. The Bertz CT molecular complexity index is 1090. The van der Waals surface area contributed by atoms with Gasteiger partial charge in [0.05, 0.1) is 29.6 Å². The molecule has 0 aliphatic rings. The number of nitrogens with zero attached hydrogens (tertiary/aromatic N) is 6. The summed E-state index contributed by atoms with van der Waals surface area (Å²) in [6.45, 7) is 3.21. The van der Waals surface area contributed by atoms with Gasteiger partial charge in [-0.25, -0.2) is 0 Å². The number of hydrogen-bond donors (Lipinski definition) is 1. The quantitative estimate of drug-likeness (QED) is 0.535. The molecule has 9 heteroatoms. The van der Waals surface area contributed by atoms with Crippen molar-refractivity contribution in [1.82, 2.24) is 34.3 Å². The summed E-state index contributed by atoms with van der Waals surface area (Å²) in [7, 11) is 0. The monoisotopic (exact) mass is 385 g/mol. The Morgan fingerprint density at radius 2 is 1.77 bits per heavy atom. The number of rotatable bonds is 5. The van der Waals surface area contributed by atoms with Crippen LogP contribution in [0.3, 0.4) is 0 Å². The van der Waals surface area contributed by atoms with E-state index in [0.29, 0.717) is 22.9 Å². The van der Waals surface area contributed by atoms with Crippen LogP contribution in [-0.4, -0.2) is 34.3 Å². The number of halogens is 1. The first-order chi connectivity index (χ1) is 12.6. The summed E-state index contributed by atoms with van der Waals surface area (Å²) in [6, 6.07) is 8.40. The van der Waals surface area contributed by atoms with Crippen molar-refractivity contribution in [1.29, 1.82) is 0 Å². The summed E-state index contributed by atoms with van der Waals surface area (Å²) in [5.74, 6) is 0.727. The van der Waals surface area contributed by atoms with Crippen LogP contribution in [0.2, 0.25) is 5.02 Å². The van der Waals surface area contributed by atoms with Gasteiger partial charge in [-0.2, -0.15) is 15.3 Å². The first-order valence-electron chi connectivity index (χ1n) is 8.01. The van der Waals surface area contributed by atoms with E-state index in [-0.39, 0.29) is 0 Å². The number of H-pyrrole nitrogens is 1. The minimum Gasteiger partial charge on any atom is -0.267 e. The molecule has 0 amide bonds. The van der Waals surface area contributed by atoms with E-state index < -0.39 is 0 Å². The molecule has 0 aliphatic heterocycles. The third-order valence-electron chi connectivity index (χ3n) is 3.99. The van der Waals surface area contributed by atoms with E-state index in [0.717, 1.165) is 11.5 Å². The molecule has 0 bridgehead atoms. The number of aromatic nitrogens is 7. The van der Waals surface area contributed by atoms with Gasteiger partial charge < -0.3 is 0 Å². The zero-order chi connectivity index (χ0) is 18.1. The average Bonchev–Trinajstić information content (AvgIpc) is 3.32. The van der Waals surface area contributed by atoms with Gasteiger partial charge in [-0.15, -0.1) is 0 Å². The van der Waals surface area contributed by atoms with Crippen LogP contribution in [0.4, 0.5) is 0 Å². The van der Waals surface area contributed by atoms with Crippen molar-refractivity contribution in [3.8, 4) is 5.69 Å². The van der Waals surface area contributed by atoms with Gasteiger partial charge in [-0.3, -0.25) is 19.0 Å². The van der Waals surface area contributed by atoms with E-state index in [1.807, 2.05) is 15.4 Å². The molecule has 0 saturated heterocycles. The van der Waals surface area contributed by atoms with Gasteiger partial charge in [0.1, 0.15) is 6.54 Å². The fourth-order valence-electron chi connectivity index (χ4n) is 2.71. The number of nitrogens with one attached hydrogen (secondary N) is 1. The highest BCUT2D eigenvalue weighted by Crippen LogP contribution is 2.14. The maximum atomic E-state index is 5.93. The summed E-state index contributed by atoms with van der Waals surface area (Å²) in [5, 5.41) is 16.4. The molecule has 0 saturated carbocycles. The molecule has 3 aromatic heterocycles. The summed E-state index contributed by atoms with van der Waals surface area (Å²) in [6.07, 6.45) is 7.06. The largest absolute Gasteiger partial charge is 0.267 e. The van der Waals surface area contributed by atoms with Crippen molar-refractivity contribution in [2.24, 2.45) is 0 Å². The normalized spacial score (nSPS) is 11.2. The Balaban J connectivity index is 1.60. The molecule has 7 nitrogen and oxygen atoms in total. The average molecular weight is 386 g/mol. The number of benzene rings is 1. The first-order valence-corrected chi connectivity index (χ1v) is 8.80. The maximum absolute atomic E-state index is 5.93. The van der Waals surface area contributed by atoms with Crippen molar-refractivity contribution in [3.63, 3.8) is 0 Å². The van der Waals surface area contributed by atoms with E-state index in [2.05, 4.69) is 51.6 Å². The molecular formula is C17H16ClN7S. The molecule has 3 heterocycles. The Morgan fingerprint density at radius 3 is 2.50 bits per heavy atom. The molecule has 0 spiro atoms. The van der Waals surface area contributed by atoms with Crippen LogP contribution in [-0.2, 0) is 13.1 Å². The molecule has 132 valence electrons. The minimum absolute atomic E-state index is 0.447. The van der Waals surface area contributed by atoms with Gasteiger partial charge in [0.2, 0.25) is 0 Å². The SMILES string of the molecule is Cc1ccc(Cn2cc(-n3c(Cn4cc(Cl)cn4)n[nH]c3=S)cn2)cc1. The smallest absolute Gasteiger partial charge is 0.200 e. The second-order valence-electron chi connectivity index (χ2n) is 6.02. The van der Waals surface area contributed by atoms with Crippen LogP contribution in [0.25, 0.3) is 5.69 Å². The van der Waals surface area contributed by atoms with Gasteiger partial charge in [-0.05, 0) is 24.7 Å². The molecule has 0 unspecified atom stereocenters. The second-order valence-corrected chi connectivity index (χ2v) is 6.84. The van der Waals surface area contributed by atoms with E-state index in [4.69, 9.17) is 23.8 Å². The Morgan fingerprint density at radius 1 is 1.04 bits per heavy atom. The van der Waals surface area contributed by atoms with Crippen LogP contribution in [0.5, 0.6) is 0 Å². The topological polar surface area (TPSA) is 69.2 Å². The lowest BCUT2D eigenvalue weighted by atomic mass is 10.1. The highest BCUT2D eigenvalue weighted by Gasteiger charge is 2.12. The fourth-order valence-corrected chi connectivity index (χ4v) is 3.12. The van der Waals surface area contributed by atoms with Gasteiger partial charge in [0.25, 0.3) is 0 Å². The second kappa shape index (κ2) is 6.89. The van der Waals surface area contributed by atoms with E-state index >= 15 is 0 Å². The Labute approximate surface area is 159 Å². The molecule has 0 radical (unpaired) electrons. The van der Waals surface area contributed by atoms with Crippen molar-refractivity contribution >= 4 is 23.8 Å². The van der Waals surface area contributed by atoms with Gasteiger partial charge in [-0.1, -0.05) is 41.4 Å². The number of hydrogen-bond acceptors (Lipinski definition) is 4. The highest BCUT2D eigenvalue weighted by atomic mass is 35.5. The lowest BCUT2D eigenvalue weighted by Gasteiger charge is -2.04. The van der Waals surface area contributed by atoms with Gasteiger partial charge >= 0.3 is 0 Å². The predicted molar refractivity (Wildman–Crippen MR) is 101 cm³/mol. The third-order valence-corrected chi connectivity index (χ3v) is 4.46. The summed E-state index contributed by atoms with van der Waals surface area (Å²) < 4.78 is 5.95. The van der Waals surface area contributed by atoms with Crippen LogP contribution in [0, 0.1) is 11.7 Å². The fraction of sp³-hybridized carbons (Fsp3) is 0.176.